The molecule has 0 N–H and O–H groups in total. The lowest BCUT2D eigenvalue weighted by atomic mass is 10.0. The maximum Gasteiger partial charge on any atom is 0.282 e. The number of fused-ring (bicyclic) bond motifs is 1. The highest BCUT2D eigenvalue weighted by Crippen LogP contribution is 2.36. The third-order valence-corrected chi connectivity index (χ3v) is 6.83. The number of piperidine rings is 1. The first-order valence-electron chi connectivity index (χ1n) is 7.04. The Hall–Kier alpha value is -0.960. The summed E-state index contributed by atoms with van der Waals surface area (Å²) >= 11 is 1.61. The van der Waals surface area contributed by atoms with Crippen molar-refractivity contribution in [3.8, 4) is 0 Å². The monoisotopic (exact) mass is 328 g/mol. The van der Waals surface area contributed by atoms with Crippen molar-refractivity contribution in [1.82, 2.24) is 18.0 Å². The summed E-state index contributed by atoms with van der Waals surface area (Å²) in [4.78, 5) is 5.70. The summed E-state index contributed by atoms with van der Waals surface area (Å²) in [6, 6.07) is -0.159. The van der Waals surface area contributed by atoms with Gasteiger partial charge in [0.2, 0.25) is 0 Å². The minimum atomic E-state index is -3.42. The van der Waals surface area contributed by atoms with Gasteiger partial charge in [0, 0.05) is 32.2 Å². The number of imidazole rings is 1. The summed E-state index contributed by atoms with van der Waals surface area (Å²) in [5.41, 5.74) is 0.896. The number of aryl methyl sites for hydroxylation is 1. The van der Waals surface area contributed by atoms with E-state index < -0.39 is 10.2 Å². The molecule has 0 radical (unpaired) electrons. The second-order valence-electron chi connectivity index (χ2n) is 5.53. The Labute approximate surface area is 129 Å². The van der Waals surface area contributed by atoms with E-state index in [2.05, 4.69) is 4.98 Å². The van der Waals surface area contributed by atoms with Crippen LogP contribution in [0.3, 0.4) is 0 Å². The van der Waals surface area contributed by atoms with Gasteiger partial charge >= 0.3 is 0 Å². The van der Waals surface area contributed by atoms with Crippen LogP contribution in [0.1, 0.15) is 36.8 Å². The Morgan fingerprint density at radius 3 is 2.86 bits per heavy atom. The number of nitrogens with zero attached hydrogens (tertiary/aromatic N) is 4. The SMILES string of the molecule is Cc1nc([C@@H]2CCCCN2S(=O)(=O)N(C)C)c2sccn12. The molecule has 3 heterocycles. The predicted molar refractivity (Wildman–Crippen MR) is 83.7 cm³/mol. The molecular formula is C13H20N4O2S2. The van der Waals surface area contributed by atoms with Crippen LogP contribution < -0.4 is 0 Å². The first-order chi connectivity index (χ1) is 9.93. The quantitative estimate of drug-likeness (QED) is 0.866. The second kappa shape index (κ2) is 5.35. The van der Waals surface area contributed by atoms with Gasteiger partial charge in [0.1, 0.15) is 10.7 Å². The van der Waals surface area contributed by atoms with Crippen LogP contribution in [-0.2, 0) is 10.2 Å². The number of hydrogen-bond donors (Lipinski definition) is 0. The van der Waals surface area contributed by atoms with Crippen LogP contribution in [0.2, 0.25) is 0 Å². The average molecular weight is 328 g/mol. The Morgan fingerprint density at radius 2 is 2.14 bits per heavy atom. The smallest absolute Gasteiger partial charge is 0.282 e. The molecule has 0 aliphatic carbocycles. The van der Waals surface area contributed by atoms with Crippen LogP contribution >= 0.6 is 11.3 Å². The average Bonchev–Trinajstić information content (AvgIpc) is 3.03. The summed E-state index contributed by atoms with van der Waals surface area (Å²) in [5, 5.41) is 2.02. The summed E-state index contributed by atoms with van der Waals surface area (Å²) in [6.07, 6.45) is 4.76. The van der Waals surface area contributed by atoms with Gasteiger partial charge in [-0.15, -0.1) is 11.3 Å². The van der Waals surface area contributed by atoms with Crippen molar-refractivity contribution in [2.75, 3.05) is 20.6 Å². The number of thiazole rings is 1. The van der Waals surface area contributed by atoms with Crippen molar-refractivity contribution >= 4 is 26.4 Å². The zero-order valence-corrected chi connectivity index (χ0v) is 14.1. The van der Waals surface area contributed by atoms with Crippen molar-refractivity contribution < 1.29 is 8.42 Å². The van der Waals surface area contributed by atoms with Crippen molar-refractivity contribution in [2.45, 2.75) is 32.2 Å². The van der Waals surface area contributed by atoms with E-state index in [9.17, 15) is 8.42 Å². The Balaban J connectivity index is 2.08. The molecule has 1 aliphatic rings. The van der Waals surface area contributed by atoms with Gasteiger partial charge in [0.05, 0.1) is 11.7 Å². The van der Waals surface area contributed by atoms with Crippen molar-refractivity contribution in [1.29, 1.82) is 0 Å². The molecule has 8 heteroatoms. The zero-order chi connectivity index (χ0) is 15.2. The lowest BCUT2D eigenvalue weighted by molar-refractivity contribution is 0.240. The maximum absolute atomic E-state index is 12.6. The molecule has 1 saturated heterocycles. The molecule has 0 saturated carbocycles. The molecule has 1 aliphatic heterocycles. The molecule has 2 aromatic rings. The maximum atomic E-state index is 12.6. The van der Waals surface area contributed by atoms with Crippen LogP contribution in [0.25, 0.3) is 4.83 Å². The normalized spacial score (nSPS) is 21.4. The summed E-state index contributed by atoms with van der Waals surface area (Å²) in [7, 11) is -0.251. The minimum Gasteiger partial charge on any atom is -0.294 e. The topological polar surface area (TPSA) is 57.9 Å². The molecule has 1 fully saturated rings. The summed E-state index contributed by atoms with van der Waals surface area (Å²) in [5.74, 6) is 0.911. The molecular weight excluding hydrogens is 308 g/mol. The first kappa shape index (κ1) is 15.0. The Bertz CT molecular complexity index is 747. The molecule has 0 aromatic carbocycles. The fourth-order valence-corrected chi connectivity index (χ4v) is 5.10. The van der Waals surface area contributed by atoms with Crippen LogP contribution in [0.5, 0.6) is 0 Å². The van der Waals surface area contributed by atoms with Crippen LogP contribution in [0, 0.1) is 6.92 Å². The fourth-order valence-electron chi connectivity index (χ4n) is 2.88. The molecule has 0 amide bonds. The van der Waals surface area contributed by atoms with Gasteiger partial charge in [-0.25, -0.2) is 4.98 Å². The van der Waals surface area contributed by atoms with Crippen molar-refractivity contribution in [3.05, 3.63) is 23.1 Å². The standard InChI is InChI=1S/C13H20N4O2S2/c1-10-14-12(13-16(10)8-9-20-13)11-6-4-5-7-17(11)21(18,19)15(2)3/h8-9,11H,4-7H2,1-3H3/t11-/m0/s1. The lowest BCUT2D eigenvalue weighted by Crippen LogP contribution is -2.44. The van der Waals surface area contributed by atoms with E-state index in [1.165, 1.54) is 4.31 Å². The molecule has 2 aromatic heterocycles. The Kier molecular flexibility index (Phi) is 3.81. The van der Waals surface area contributed by atoms with Crippen LogP contribution in [0.4, 0.5) is 0 Å². The Morgan fingerprint density at radius 1 is 1.38 bits per heavy atom. The van der Waals surface area contributed by atoms with Crippen molar-refractivity contribution in [3.63, 3.8) is 0 Å². The number of rotatable bonds is 3. The van der Waals surface area contributed by atoms with E-state index in [1.807, 2.05) is 22.9 Å². The molecule has 0 spiro atoms. The van der Waals surface area contributed by atoms with E-state index in [0.29, 0.717) is 6.54 Å². The third kappa shape index (κ3) is 2.40. The molecule has 0 unspecified atom stereocenters. The lowest BCUT2D eigenvalue weighted by Gasteiger charge is -2.35. The van der Waals surface area contributed by atoms with Gasteiger partial charge in [0.15, 0.2) is 0 Å². The fraction of sp³-hybridized carbons (Fsp3) is 0.615. The van der Waals surface area contributed by atoms with E-state index >= 15 is 0 Å². The summed E-state index contributed by atoms with van der Waals surface area (Å²) in [6.45, 7) is 2.52. The third-order valence-electron chi connectivity index (χ3n) is 3.99. The molecule has 6 nitrogen and oxygen atoms in total. The molecule has 0 bridgehead atoms. The van der Waals surface area contributed by atoms with Crippen molar-refractivity contribution in [2.24, 2.45) is 0 Å². The zero-order valence-electron chi connectivity index (χ0n) is 12.5. The molecule has 3 rings (SSSR count). The molecule has 116 valence electrons. The van der Waals surface area contributed by atoms with Crippen LogP contribution in [-0.4, -0.2) is 47.1 Å². The van der Waals surface area contributed by atoms with Gasteiger partial charge in [-0.1, -0.05) is 6.42 Å². The van der Waals surface area contributed by atoms with E-state index in [1.54, 1.807) is 29.7 Å². The second-order valence-corrected chi connectivity index (χ2v) is 8.52. The van der Waals surface area contributed by atoms with Gasteiger partial charge in [0.25, 0.3) is 10.2 Å². The number of hydrogen-bond acceptors (Lipinski definition) is 4. The van der Waals surface area contributed by atoms with E-state index in [-0.39, 0.29) is 6.04 Å². The van der Waals surface area contributed by atoms with Gasteiger partial charge in [-0.2, -0.15) is 17.0 Å². The van der Waals surface area contributed by atoms with Gasteiger partial charge in [-0.05, 0) is 19.8 Å². The highest BCUT2D eigenvalue weighted by atomic mass is 32.2. The van der Waals surface area contributed by atoms with Crippen LogP contribution in [0.15, 0.2) is 11.6 Å². The summed E-state index contributed by atoms with van der Waals surface area (Å²) < 4.78 is 30.1. The molecule has 1 atom stereocenters. The highest BCUT2D eigenvalue weighted by Gasteiger charge is 2.37. The van der Waals surface area contributed by atoms with E-state index in [4.69, 9.17) is 0 Å². The largest absolute Gasteiger partial charge is 0.294 e. The first-order valence-corrected chi connectivity index (χ1v) is 9.32. The predicted octanol–water partition coefficient (Wildman–Crippen LogP) is 2.04. The molecule has 21 heavy (non-hydrogen) atoms. The van der Waals surface area contributed by atoms with Gasteiger partial charge in [-0.3, -0.25) is 4.40 Å². The number of aromatic nitrogens is 2. The highest BCUT2D eigenvalue weighted by molar-refractivity contribution is 7.86. The minimum absolute atomic E-state index is 0.159. The van der Waals surface area contributed by atoms with Gasteiger partial charge < -0.3 is 0 Å². The van der Waals surface area contributed by atoms with E-state index in [0.717, 1.165) is 35.6 Å².